The van der Waals surface area contributed by atoms with Crippen LogP contribution in [0.2, 0.25) is 0 Å². The largest absolute Gasteiger partial charge is 0.445 e. The Kier molecular flexibility index (Phi) is 5.90. The minimum Gasteiger partial charge on any atom is -0.445 e. The zero-order chi connectivity index (χ0) is 18.3. The quantitative estimate of drug-likeness (QED) is 0.658. The summed E-state index contributed by atoms with van der Waals surface area (Å²) >= 11 is 0. The summed E-state index contributed by atoms with van der Waals surface area (Å²) in [6, 6.07) is 12.0. The van der Waals surface area contributed by atoms with Gasteiger partial charge < -0.3 is 15.8 Å². The number of nitrogen functional groups attached to an aromatic ring is 1. The predicted octanol–water partition coefficient (Wildman–Crippen LogP) is 3.57. The van der Waals surface area contributed by atoms with Crippen molar-refractivity contribution in [3.8, 4) is 11.8 Å². The molecule has 0 aliphatic heterocycles. The molecule has 2 aromatic carbocycles. The average molecular weight is 348 g/mol. The summed E-state index contributed by atoms with van der Waals surface area (Å²) in [4.78, 5) is 11.5. The van der Waals surface area contributed by atoms with Crippen LogP contribution in [0.5, 0.6) is 0 Å². The molecule has 2 rings (SSSR count). The number of ether oxygens (including phenoxy) is 1. The van der Waals surface area contributed by atoms with E-state index in [0.29, 0.717) is 0 Å². The molecule has 130 valence electrons. The van der Waals surface area contributed by atoms with E-state index in [4.69, 9.17) is 10.5 Å². The van der Waals surface area contributed by atoms with E-state index in [-0.39, 0.29) is 24.4 Å². The number of anilines is 1. The van der Waals surface area contributed by atoms with Gasteiger partial charge in [-0.3, -0.25) is 0 Å². The van der Waals surface area contributed by atoms with Gasteiger partial charge in [0.1, 0.15) is 6.61 Å². The summed E-state index contributed by atoms with van der Waals surface area (Å²) in [5, 5.41) is 2.39. The first-order valence-corrected chi connectivity index (χ1v) is 7.26. The Hall–Kier alpha value is -3.14. The molecule has 7 heteroatoms. The van der Waals surface area contributed by atoms with E-state index in [1.54, 1.807) is 0 Å². The number of alkyl carbamates (subject to hydrolysis) is 1. The Morgan fingerprint density at radius 2 is 1.88 bits per heavy atom. The van der Waals surface area contributed by atoms with Crippen LogP contribution in [0.1, 0.15) is 16.7 Å². The summed E-state index contributed by atoms with van der Waals surface area (Å²) in [5.41, 5.74) is 5.79. The van der Waals surface area contributed by atoms with Gasteiger partial charge >= 0.3 is 12.3 Å². The van der Waals surface area contributed by atoms with Crippen LogP contribution in [0.25, 0.3) is 0 Å². The first-order chi connectivity index (χ1) is 11.9. The minimum atomic E-state index is -4.47. The smallest absolute Gasteiger partial charge is 0.416 e. The number of alkyl halides is 3. The van der Waals surface area contributed by atoms with E-state index in [9.17, 15) is 18.0 Å². The van der Waals surface area contributed by atoms with Crippen LogP contribution < -0.4 is 11.1 Å². The van der Waals surface area contributed by atoms with Crippen LogP contribution in [0.4, 0.5) is 23.7 Å². The van der Waals surface area contributed by atoms with E-state index < -0.39 is 17.8 Å². The van der Waals surface area contributed by atoms with Crippen molar-refractivity contribution in [2.45, 2.75) is 12.8 Å². The Balaban J connectivity index is 1.87. The molecule has 0 aromatic heterocycles. The highest BCUT2D eigenvalue weighted by atomic mass is 19.4. The first kappa shape index (κ1) is 18.2. The van der Waals surface area contributed by atoms with Gasteiger partial charge in [0.15, 0.2) is 0 Å². The van der Waals surface area contributed by atoms with E-state index in [0.717, 1.165) is 23.8 Å². The number of nitrogens with two attached hydrogens (primary N) is 1. The van der Waals surface area contributed by atoms with Crippen molar-refractivity contribution in [3.63, 3.8) is 0 Å². The van der Waals surface area contributed by atoms with Gasteiger partial charge in [0.05, 0.1) is 12.1 Å². The van der Waals surface area contributed by atoms with Crippen LogP contribution in [0.3, 0.4) is 0 Å². The van der Waals surface area contributed by atoms with Crippen LogP contribution in [-0.4, -0.2) is 12.6 Å². The molecule has 2 aromatic rings. The summed E-state index contributed by atoms with van der Waals surface area (Å²) in [6.45, 7) is 0.0317. The molecule has 0 spiro atoms. The number of hydrogen-bond donors (Lipinski definition) is 2. The molecular weight excluding hydrogens is 333 g/mol. The van der Waals surface area contributed by atoms with Gasteiger partial charge in [-0.15, -0.1) is 0 Å². The lowest BCUT2D eigenvalue weighted by atomic mass is 10.1. The number of benzene rings is 2. The van der Waals surface area contributed by atoms with Crippen molar-refractivity contribution in [3.05, 3.63) is 65.2 Å². The predicted molar refractivity (Wildman–Crippen MR) is 87.4 cm³/mol. The van der Waals surface area contributed by atoms with E-state index in [1.807, 2.05) is 30.3 Å². The summed E-state index contributed by atoms with van der Waals surface area (Å²) in [7, 11) is 0. The molecule has 0 saturated heterocycles. The molecule has 0 saturated carbocycles. The fraction of sp³-hybridized carbons (Fsp3) is 0.167. The highest BCUT2D eigenvalue weighted by Crippen LogP contribution is 2.30. The van der Waals surface area contributed by atoms with Crippen molar-refractivity contribution in [2.24, 2.45) is 0 Å². The average Bonchev–Trinajstić information content (AvgIpc) is 2.58. The first-order valence-electron chi connectivity index (χ1n) is 7.26. The molecule has 0 aliphatic rings. The van der Waals surface area contributed by atoms with Gasteiger partial charge in [-0.05, 0) is 23.8 Å². The van der Waals surface area contributed by atoms with Crippen LogP contribution >= 0.6 is 0 Å². The lowest BCUT2D eigenvalue weighted by Crippen LogP contribution is -2.24. The molecule has 1 amide bonds. The maximum absolute atomic E-state index is 12.7. The second-order valence-corrected chi connectivity index (χ2v) is 5.02. The topological polar surface area (TPSA) is 64.3 Å². The van der Waals surface area contributed by atoms with Crippen LogP contribution in [0.15, 0.2) is 48.5 Å². The third-order valence-electron chi connectivity index (χ3n) is 3.14. The Bertz CT molecular complexity index is 793. The number of nitrogens with one attached hydrogen (secondary N) is 1. The molecule has 3 N–H and O–H groups in total. The van der Waals surface area contributed by atoms with Crippen molar-refractivity contribution >= 4 is 11.8 Å². The van der Waals surface area contributed by atoms with Crippen molar-refractivity contribution in [1.82, 2.24) is 5.32 Å². The molecule has 25 heavy (non-hydrogen) atoms. The monoisotopic (exact) mass is 348 g/mol. The van der Waals surface area contributed by atoms with Crippen molar-refractivity contribution < 1.29 is 22.7 Å². The molecule has 0 bridgehead atoms. The minimum absolute atomic E-state index is 0.0503. The van der Waals surface area contributed by atoms with Gasteiger partial charge in [-0.1, -0.05) is 42.2 Å². The van der Waals surface area contributed by atoms with E-state index in [2.05, 4.69) is 17.2 Å². The normalized spacial score (nSPS) is 10.5. The van der Waals surface area contributed by atoms with Crippen molar-refractivity contribution in [1.29, 1.82) is 0 Å². The second-order valence-electron chi connectivity index (χ2n) is 5.02. The van der Waals surface area contributed by atoms with Crippen LogP contribution in [0, 0.1) is 11.8 Å². The van der Waals surface area contributed by atoms with Crippen LogP contribution in [-0.2, 0) is 17.5 Å². The van der Waals surface area contributed by atoms with Gasteiger partial charge in [0, 0.05) is 11.3 Å². The van der Waals surface area contributed by atoms with Gasteiger partial charge in [0.2, 0.25) is 0 Å². The molecular formula is C18H15F3N2O2. The maximum Gasteiger partial charge on any atom is 0.416 e. The third-order valence-corrected chi connectivity index (χ3v) is 3.14. The highest BCUT2D eigenvalue weighted by Gasteiger charge is 2.30. The molecule has 4 nitrogen and oxygen atoms in total. The number of carbonyl (C=O) groups is 1. The number of amides is 1. The molecule has 0 heterocycles. The number of carbonyl (C=O) groups excluding carboxylic acids is 1. The van der Waals surface area contributed by atoms with Gasteiger partial charge in [-0.25, -0.2) is 4.79 Å². The van der Waals surface area contributed by atoms with Gasteiger partial charge in [-0.2, -0.15) is 13.2 Å². The Labute approximate surface area is 142 Å². The molecule has 0 fully saturated rings. The van der Waals surface area contributed by atoms with Gasteiger partial charge in [0.25, 0.3) is 0 Å². The Morgan fingerprint density at radius 1 is 1.16 bits per heavy atom. The highest BCUT2D eigenvalue weighted by molar-refractivity contribution is 5.67. The fourth-order valence-electron chi connectivity index (χ4n) is 1.87. The summed E-state index contributed by atoms with van der Waals surface area (Å²) < 4.78 is 42.9. The summed E-state index contributed by atoms with van der Waals surface area (Å²) in [6.07, 6.45) is -5.14. The zero-order valence-electron chi connectivity index (χ0n) is 13.1. The standard InChI is InChI=1S/C18H15F3N2O2/c19-18(20,21)15-8-9-16(22)14(11-15)7-4-10-23-17(24)25-12-13-5-2-1-3-6-13/h1-3,5-6,8-9,11H,10,12,22H2,(H,23,24). The van der Waals surface area contributed by atoms with E-state index >= 15 is 0 Å². The number of rotatable bonds is 3. The lowest BCUT2D eigenvalue weighted by molar-refractivity contribution is -0.137. The molecule has 0 radical (unpaired) electrons. The zero-order valence-corrected chi connectivity index (χ0v) is 13.1. The van der Waals surface area contributed by atoms with E-state index in [1.165, 1.54) is 0 Å². The molecule has 0 unspecified atom stereocenters. The second kappa shape index (κ2) is 8.11. The maximum atomic E-state index is 12.7. The lowest BCUT2D eigenvalue weighted by Gasteiger charge is -2.08. The molecule has 0 atom stereocenters. The summed E-state index contributed by atoms with van der Waals surface area (Å²) in [5.74, 6) is 5.05. The third kappa shape index (κ3) is 5.77. The number of halogens is 3. The number of hydrogen-bond acceptors (Lipinski definition) is 3. The Morgan fingerprint density at radius 3 is 2.56 bits per heavy atom. The molecule has 0 aliphatic carbocycles. The SMILES string of the molecule is Nc1ccc(C(F)(F)F)cc1C#CCNC(=O)OCc1ccccc1. The fourth-order valence-corrected chi connectivity index (χ4v) is 1.87. The van der Waals surface area contributed by atoms with Crippen molar-refractivity contribution in [2.75, 3.05) is 12.3 Å².